The summed E-state index contributed by atoms with van der Waals surface area (Å²) in [5.41, 5.74) is 2.02. The number of benzene rings is 3. The zero-order chi connectivity index (χ0) is 23.5. The number of amides is 1. The molecule has 0 radical (unpaired) electrons. The van der Waals surface area contributed by atoms with E-state index in [0.717, 1.165) is 12.0 Å². The van der Waals surface area contributed by atoms with Crippen LogP contribution in [0.15, 0.2) is 78.4 Å². The fourth-order valence-corrected chi connectivity index (χ4v) is 4.00. The highest BCUT2D eigenvalue weighted by atomic mass is 19.1. The molecule has 1 unspecified atom stereocenters. The summed E-state index contributed by atoms with van der Waals surface area (Å²) in [4.78, 5) is 27.4. The Morgan fingerprint density at radius 3 is 2.45 bits per heavy atom. The van der Waals surface area contributed by atoms with Crippen LogP contribution in [0.2, 0.25) is 0 Å². The standard InChI is InChI=1S/C27H24FNO4/c1-3-14-33-22-13-12-19(15-17(22)2)25(30)23-24(18-8-5-4-6-9-18)29(27(32)26(23)31)21-11-7-10-20(28)16-21/h4-13,15-16,24,30H,3,14H2,1-2H3/b25-23+. The van der Waals surface area contributed by atoms with Gasteiger partial charge >= 0.3 is 0 Å². The third-order valence-electron chi connectivity index (χ3n) is 5.56. The van der Waals surface area contributed by atoms with Crippen molar-refractivity contribution in [2.45, 2.75) is 26.3 Å². The summed E-state index contributed by atoms with van der Waals surface area (Å²) in [7, 11) is 0. The first-order valence-corrected chi connectivity index (χ1v) is 10.8. The van der Waals surface area contributed by atoms with Gasteiger partial charge in [-0.15, -0.1) is 0 Å². The van der Waals surface area contributed by atoms with Crippen LogP contribution >= 0.6 is 0 Å². The minimum absolute atomic E-state index is 0.0444. The zero-order valence-electron chi connectivity index (χ0n) is 18.4. The Balaban J connectivity index is 1.87. The molecule has 4 rings (SSSR count). The molecule has 1 aliphatic heterocycles. The van der Waals surface area contributed by atoms with Crippen molar-refractivity contribution in [2.24, 2.45) is 0 Å². The van der Waals surface area contributed by atoms with Gasteiger partial charge in [-0.05, 0) is 60.9 Å². The molecule has 3 aromatic rings. The number of hydrogen-bond acceptors (Lipinski definition) is 4. The Kier molecular flexibility index (Phi) is 6.27. The molecule has 1 atom stereocenters. The van der Waals surface area contributed by atoms with Gasteiger partial charge in [0.15, 0.2) is 0 Å². The molecule has 0 aromatic heterocycles. The molecule has 1 aliphatic rings. The largest absolute Gasteiger partial charge is 0.507 e. The van der Waals surface area contributed by atoms with Gasteiger partial charge in [0.1, 0.15) is 17.3 Å². The normalized spacial score (nSPS) is 17.4. The van der Waals surface area contributed by atoms with E-state index in [1.807, 2.05) is 19.9 Å². The van der Waals surface area contributed by atoms with Crippen molar-refractivity contribution in [3.8, 4) is 5.75 Å². The van der Waals surface area contributed by atoms with Crippen LogP contribution in [0.3, 0.4) is 0 Å². The van der Waals surface area contributed by atoms with E-state index in [2.05, 4.69) is 0 Å². The molecule has 3 aromatic carbocycles. The predicted molar refractivity (Wildman–Crippen MR) is 125 cm³/mol. The second-order valence-electron chi connectivity index (χ2n) is 7.89. The minimum Gasteiger partial charge on any atom is -0.507 e. The van der Waals surface area contributed by atoms with Crippen LogP contribution in [0.25, 0.3) is 5.76 Å². The van der Waals surface area contributed by atoms with Crippen LogP contribution in [0.5, 0.6) is 5.75 Å². The Labute approximate surface area is 191 Å². The number of anilines is 1. The maximum Gasteiger partial charge on any atom is 0.300 e. The number of aryl methyl sites for hydroxylation is 1. The van der Waals surface area contributed by atoms with Crippen LogP contribution < -0.4 is 9.64 Å². The second kappa shape index (κ2) is 9.28. The summed E-state index contributed by atoms with van der Waals surface area (Å²) in [5.74, 6) is -1.77. The Hall–Kier alpha value is -3.93. The number of hydrogen-bond donors (Lipinski definition) is 1. The summed E-state index contributed by atoms with van der Waals surface area (Å²) in [6.07, 6.45) is 0.863. The first kappa shape index (κ1) is 22.3. The average molecular weight is 445 g/mol. The van der Waals surface area contributed by atoms with Crippen LogP contribution in [0.1, 0.15) is 36.1 Å². The third kappa shape index (κ3) is 4.24. The Bertz CT molecular complexity index is 1240. The number of aliphatic hydroxyl groups is 1. The smallest absolute Gasteiger partial charge is 0.300 e. The van der Waals surface area contributed by atoms with Gasteiger partial charge < -0.3 is 9.84 Å². The van der Waals surface area contributed by atoms with Crippen molar-refractivity contribution in [2.75, 3.05) is 11.5 Å². The first-order chi connectivity index (χ1) is 15.9. The number of Topliss-reactive ketones (excluding diaryl/α,β-unsaturated/α-hetero) is 1. The summed E-state index contributed by atoms with van der Waals surface area (Å²) in [6, 6.07) is 18.6. The molecule has 0 saturated carbocycles. The fraction of sp³-hybridized carbons (Fsp3) is 0.185. The number of ether oxygens (including phenoxy) is 1. The van der Waals surface area contributed by atoms with E-state index in [1.165, 1.54) is 23.1 Å². The Morgan fingerprint density at radius 1 is 1.03 bits per heavy atom. The van der Waals surface area contributed by atoms with Crippen molar-refractivity contribution in [1.82, 2.24) is 0 Å². The van der Waals surface area contributed by atoms with E-state index in [0.29, 0.717) is 23.5 Å². The minimum atomic E-state index is -0.899. The van der Waals surface area contributed by atoms with E-state index < -0.39 is 23.5 Å². The zero-order valence-corrected chi connectivity index (χ0v) is 18.4. The van der Waals surface area contributed by atoms with E-state index in [1.54, 1.807) is 48.5 Å². The molecule has 1 N–H and O–H groups in total. The van der Waals surface area contributed by atoms with Crippen LogP contribution in [-0.4, -0.2) is 23.4 Å². The molecule has 0 spiro atoms. The highest BCUT2D eigenvalue weighted by Gasteiger charge is 2.47. The van der Waals surface area contributed by atoms with Crippen molar-refractivity contribution in [1.29, 1.82) is 0 Å². The van der Waals surface area contributed by atoms with Gasteiger partial charge in [0.25, 0.3) is 11.7 Å². The summed E-state index contributed by atoms with van der Waals surface area (Å²) in [5, 5.41) is 11.2. The van der Waals surface area contributed by atoms with Crippen LogP contribution in [-0.2, 0) is 9.59 Å². The van der Waals surface area contributed by atoms with E-state index in [-0.39, 0.29) is 17.0 Å². The van der Waals surface area contributed by atoms with Crippen molar-refractivity contribution >= 4 is 23.1 Å². The van der Waals surface area contributed by atoms with Crippen LogP contribution in [0, 0.1) is 12.7 Å². The number of carbonyl (C=O) groups is 2. The van der Waals surface area contributed by atoms with Gasteiger partial charge in [0.05, 0.1) is 18.2 Å². The fourth-order valence-electron chi connectivity index (χ4n) is 4.00. The van der Waals surface area contributed by atoms with E-state index in [4.69, 9.17) is 4.74 Å². The maximum absolute atomic E-state index is 14.0. The van der Waals surface area contributed by atoms with Gasteiger partial charge in [-0.2, -0.15) is 0 Å². The SMILES string of the molecule is CCCOc1ccc(/C(O)=C2\C(=O)C(=O)N(c3cccc(F)c3)C2c2ccccc2)cc1C. The maximum atomic E-state index is 14.0. The second-order valence-corrected chi connectivity index (χ2v) is 7.89. The van der Waals surface area contributed by atoms with Crippen molar-refractivity contribution < 1.29 is 23.8 Å². The topological polar surface area (TPSA) is 66.8 Å². The van der Waals surface area contributed by atoms with Crippen molar-refractivity contribution in [3.63, 3.8) is 0 Å². The average Bonchev–Trinajstić information content (AvgIpc) is 3.09. The van der Waals surface area contributed by atoms with Crippen LogP contribution in [0.4, 0.5) is 10.1 Å². The van der Waals surface area contributed by atoms with Gasteiger partial charge in [-0.3, -0.25) is 14.5 Å². The lowest BCUT2D eigenvalue weighted by molar-refractivity contribution is -0.132. The molecule has 1 saturated heterocycles. The lowest BCUT2D eigenvalue weighted by Gasteiger charge is -2.25. The molecular formula is C27H24FNO4. The number of aliphatic hydroxyl groups excluding tert-OH is 1. The van der Waals surface area contributed by atoms with Gasteiger partial charge in [-0.25, -0.2) is 4.39 Å². The molecule has 1 amide bonds. The number of nitrogens with zero attached hydrogens (tertiary/aromatic N) is 1. The number of rotatable bonds is 6. The lowest BCUT2D eigenvalue weighted by Crippen LogP contribution is -2.29. The van der Waals surface area contributed by atoms with Crippen molar-refractivity contribution in [3.05, 3.63) is 101 Å². The molecule has 1 fully saturated rings. The quantitative estimate of drug-likeness (QED) is 0.307. The molecule has 168 valence electrons. The molecule has 0 bridgehead atoms. The highest BCUT2D eigenvalue weighted by Crippen LogP contribution is 2.42. The third-order valence-corrected chi connectivity index (χ3v) is 5.56. The predicted octanol–water partition coefficient (Wildman–Crippen LogP) is 5.55. The summed E-state index contributed by atoms with van der Waals surface area (Å²) in [6.45, 7) is 4.43. The molecular weight excluding hydrogens is 421 g/mol. The number of ketones is 1. The molecule has 1 heterocycles. The molecule has 5 nitrogen and oxygen atoms in total. The highest BCUT2D eigenvalue weighted by molar-refractivity contribution is 6.51. The number of carbonyl (C=O) groups excluding carboxylic acids is 2. The van der Waals surface area contributed by atoms with Gasteiger partial charge in [0.2, 0.25) is 0 Å². The first-order valence-electron chi connectivity index (χ1n) is 10.8. The molecule has 6 heteroatoms. The lowest BCUT2D eigenvalue weighted by atomic mass is 9.94. The van der Waals surface area contributed by atoms with E-state index >= 15 is 0 Å². The Morgan fingerprint density at radius 2 is 1.79 bits per heavy atom. The monoisotopic (exact) mass is 445 g/mol. The summed E-state index contributed by atoms with van der Waals surface area (Å²) < 4.78 is 19.7. The molecule has 0 aliphatic carbocycles. The molecule has 33 heavy (non-hydrogen) atoms. The van der Waals surface area contributed by atoms with Gasteiger partial charge in [0, 0.05) is 11.3 Å². The summed E-state index contributed by atoms with van der Waals surface area (Å²) >= 11 is 0. The van der Waals surface area contributed by atoms with E-state index in [9.17, 15) is 19.1 Å². The van der Waals surface area contributed by atoms with Gasteiger partial charge in [-0.1, -0.05) is 43.3 Å². The number of halogens is 1.